The Morgan fingerprint density at radius 2 is 0.963 bits per heavy atom. The fourth-order valence-corrected chi connectivity index (χ4v) is 8.52. The largest absolute Gasteiger partial charge is 0.456 e. The normalized spacial score (nSPS) is 12.1. The predicted octanol–water partition coefficient (Wildman–Crippen LogP) is 13.9. The first-order chi connectivity index (χ1) is 26.7. The van der Waals surface area contributed by atoms with Gasteiger partial charge in [0.2, 0.25) is 0 Å². The molecule has 0 atom stereocenters. The Balaban J connectivity index is 1.06. The second-order valence-electron chi connectivity index (χ2n) is 14.1. The molecule has 12 aromatic rings. The molecule has 0 radical (unpaired) electrons. The molecule has 0 bridgehead atoms. The number of hydrogen-bond acceptors (Lipinski definition) is 4. The molecule has 3 aromatic heterocycles. The van der Waals surface area contributed by atoms with Crippen LogP contribution in [0, 0.1) is 0 Å². The highest BCUT2D eigenvalue weighted by Gasteiger charge is 2.22. The smallest absolute Gasteiger partial charge is 0.180 e. The van der Waals surface area contributed by atoms with Crippen molar-refractivity contribution in [3.05, 3.63) is 170 Å². The molecule has 0 aliphatic heterocycles. The van der Waals surface area contributed by atoms with Crippen molar-refractivity contribution in [1.82, 2.24) is 9.97 Å². The maximum Gasteiger partial charge on any atom is 0.180 e. The Kier molecular flexibility index (Phi) is 6.02. The van der Waals surface area contributed by atoms with Crippen molar-refractivity contribution >= 4 is 87.1 Å². The lowest BCUT2D eigenvalue weighted by atomic mass is 9.92. The van der Waals surface area contributed by atoms with Crippen molar-refractivity contribution in [2.24, 2.45) is 0 Å². The number of aromatic nitrogens is 2. The molecule has 0 aliphatic carbocycles. The lowest BCUT2D eigenvalue weighted by Gasteiger charge is -2.12. The molecule has 9 aromatic carbocycles. The van der Waals surface area contributed by atoms with E-state index in [-0.39, 0.29) is 0 Å². The van der Waals surface area contributed by atoms with E-state index in [0.717, 1.165) is 71.8 Å². The van der Waals surface area contributed by atoms with Gasteiger partial charge in [-0.25, -0.2) is 9.97 Å². The highest BCUT2D eigenvalue weighted by Crippen LogP contribution is 2.43. The molecule has 250 valence electrons. The fourth-order valence-electron chi connectivity index (χ4n) is 8.52. The van der Waals surface area contributed by atoms with E-state index in [4.69, 9.17) is 18.8 Å². The van der Waals surface area contributed by atoms with Crippen LogP contribution in [0.4, 0.5) is 0 Å². The molecule has 54 heavy (non-hydrogen) atoms. The quantitative estimate of drug-likeness (QED) is 0.173. The topological polar surface area (TPSA) is 52.1 Å². The summed E-state index contributed by atoms with van der Waals surface area (Å²) >= 11 is 0. The summed E-state index contributed by atoms with van der Waals surface area (Å²) in [7, 11) is 0. The van der Waals surface area contributed by atoms with Gasteiger partial charge in [-0.05, 0) is 96.7 Å². The van der Waals surface area contributed by atoms with Crippen LogP contribution in [0.15, 0.2) is 179 Å². The van der Waals surface area contributed by atoms with Gasteiger partial charge in [0.1, 0.15) is 28.0 Å². The summed E-state index contributed by atoms with van der Waals surface area (Å²) in [5.74, 6) is 0.651. The summed E-state index contributed by atoms with van der Waals surface area (Å²) in [6.07, 6.45) is 0. The number of furan rings is 2. The summed E-state index contributed by atoms with van der Waals surface area (Å²) in [6, 6.07) is 59.8. The molecule has 4 heteroatoms. The van der Waals surface area contributed by atoms with Gasteiger partial charge in [0, 0.05) is 27.3 Å². The summed E-state index contributed by atoms with van der Waals surface area (Å²) < 4.78 is 13.2. The van der Waals surface area contributed by atoms with Crippen molar-refractivity contribution in [2.75, 3.05) is 0 Å². The molecule has 0 unspecified atom stereocenters. The number of para-hydroxylation sites is 1. The van der Waals surface area contributed by atoms with Crippen LogP contribution in [0.25, 0.3) is 121 Å². The maximum atomic E-state index is 6.65. The van der Waals surface area contributed by atoms with Crippen LogP contribution in [-0.2, 0) is 0 Å². The third-order valence-electron chi connectivity index (χ3n) is 11.1. The second-order valence-corrected chi connectivity index (χ2v) is 14.1. The molecule has 0 saturated carbocycles. The van der Waals surface area contributed by atoms with Gasteiger partial charge in [0.25, 0.3) is 0 Å². The number of fused-ring (bicyclic) bond motifs is 13. The zero-order valence-corrected chi connectivity index (χ0v) is 28.9. The minimum absolute atomic E-state index is 0.651. The molecule has 0 N–H and O–H groups in total. The molecule has 3 heterocycles. The Morgan fingerprint density at radius 1 is 0.352 bits per heavy atom. The van der Waals surface area contributed by atoms with E-state index in [9.17, 15) is 0 Å². The number of hydrogen-bond donors (Lipinski definition) is 0. The van der Waals surface area contributed by atoms with Crippen LogP contribution in [0.5, 0.6) is 0 Å². The SMILES string of the molecule is c1ccc2cc(-c3nc(-c4cccc5oc6cc(-c7ccc8c9ccccc9c9ccccc9c8c7)ccc6c45)c4oc5ccccc5c4n3)ccc2c1. The van der Waals surface area contributed by atoms with Gasteiger partial charge in [0.05, 0.1) is 0 Å². The van der Waals surface area contributed by atoms with Gasteiger partial charge in [-0.15, -0.1) is 0 Å². The van der Waals surface area contributed by atoms with E-state index in [1.54, 1.807) is 0 Å². The van der Waals surface area contributed by atoms with Gasteiger partial charge in [0.15, 0.2) is 11.4 Å². The Hall–Kier alpha value is -7.30. The Bertz CT molecular complexity index is 3480. The van der Waals surface area contributed by atoms with Gasteiger partial charge < -0.3 is 8.83 Å². The molecular formula is C50H28N2O2. The van der Waals surface area contributed by atoms with Crippen LogP contribution in [0.1, 0.15) is 0 Å². The average Bonchev–Trinajstić information content (AvgIpc) is 3.81. The van der Waals surface area contributed by atoms with E-state index in [0.29, 0.717) is 11.4 Å². The minimum Gasteiger partial charge on any atom is -0.456 e. The Labute approximate surface area is 308 Å². The average molecular weight is 689 g/mol. The van der Waals surface area contributed by atoms with Crippen LogP contribution in [0.3, 0.4) is 0 Å². The number of nitrogens with zero attached hydrogens (tertiary/aromatic N) is 2. The number of benzene rings is 9. The molecule has 0 spiro atoms. The molecular weight excluding hydrogens is 661 g/mol. The molecule has 0 fully saturated rings. The molecule has 0 saturated heterocycles. The highest BCUT2D eigenvalue weighted by molar-refractivity contribution is 6.26. The third-order valence-corrected chi connectivity index (χ3v) is 11.1. The monoisotopic (exact) mass is 688 g/mol. The van der Waals surface area contributed by atoms with Crippen LogP contribution >= 0.6 is 0 Å². The van der Waals surface area contributed by atoms with Crippen molar-refractivity contribution in [3.8, 4) is 33.8 Å². The second kappa shape index (κ2) is 11.1. The van der Waals surface area contributed by atoms with Crippen LogP contribution < -0.4 is 0 Å². The lowest BCUT2D eigenvalue weighted by molar-refractivity contribution is 0.667. The van der Waals surface area contributed by atoms with E-state index >= 15 is 0 Å². The fraction of sp³-hybridized carbons (Fsp3) is 0. The summed E-state index contributed by atoms with van der Waals surface area (Å²) in [5, 5.41) is 12.9. The standard InChI is InChI=1S/C50H28N2O2/c1-2-11-30-26-33(21-20-29(30)10-1)50-51-47-40-16-7-8-18-43(40)54-49(47)48(52-50)41-17-9-19-44-46(41)39-25-23-32(28-45(39)53-44)31-22-24-38-36-14-4-3-12-34(36)35-13-5-6-15-37(35)42(38)27-31/h1-28H. The number of rotatable bonds is 3. The van der Waals surface area contributed by atoms with Gasteiger partial charge in [-0.3, -0.25) is 0 Å². The van der Waals surface area contributed by atoms with Crippen molar-refractivity contribution in [2.45, 2.75) is 0 Å². The summed E-state index contributed by atoms with van der Waals surface area (Å²) in [5.41, 5.74) is 8.73. The van der Waals surface area contributed by atoms with Crippen molar-refractivity contribution in [3.63, 3.8) is 0 Å². The van der Waals surface area contributed by atoms with E-state index in [1.807, 2.05) is 30.3 Å². The van der Waals surface area contributed by atoms with Gasteiger partial charge in [-0.1, -0.05) is 127 Å². The molecule has 0 amide bonds. The zero-order valence-electron chi connectivity index (χ0n) is 28.9. The molecule has 0 aliphatic rings. The van der Waals surface area contributed by atoms with Crippen molar-refractivity contribution in [1.29, 1.82) is 0 Å². The zero-order chi connectivity index (χ0) is 35.3. The predicted molar refractivity (Wildman–Crippen MR) is 223 cm³/mol. The lowest BCUT2D eigenvalue weighted by Crippen LogP contribution is -1.94. The van der Waals surface area contributed by atoms with E-state index < -0.39 is 0 Å². The molecule has 4 nitrogen and oxygen atoms in total. The van der Waals surface area contributed by atoms with E-state index in [1.165, 1.54) is 37.7 Å². The third kappa shape index (κ3) is 4.25. The van der Waals surface area contributed by atoms with E-state index in [2.05, 4.69) is 140 Å². The summed E-state index contributed by atoms with van der Waals surface area (Å²) in [4.78, 5) is 10.4. The first-order valence-corrected chi connectivity index (χ1v) is 18.2. The summed E-state index contributed by atoms with van der Waals surface area (Å²) in [6.45, 7) is 0. The van der Waals surface area contributed by atoms with Crippen LogP contribution in [-0.4, -0.2) is 9.97 Å². The van der Waals surface area contributed by atoms with Crippen LogP contribution in [0.2, 0.25) is 0 Å². The maximum absolute atomic E-state index is 6.65. The first kappa shape index (κ1) is 29.3. The van der Waals surface area contributed by atoms with Gasteiger partial charge >= 0.3 is 0 Å². The Morgan fingerprint density at radius 3 is 1.76 bits per heavy atom. The minimum atomic E-state index is 0.651. The van der Waals surface area contributed by atoms with Crippen molar-refractivity contribution < 1.29 is 8.83 Å². The van der Waals surface area contributed by atoms with Gasteiger partial charge in [-0.2, -0.15) is 0 Å². The highest BCUT2D eigenvalue weighted by atomic mass is 16.3. The molecule has 12 rings (SSSR count). The first-order valence-electron chi connectivity index (χ1n) is 18.2.